The Hall–Kier alpha value is -3.35. The summed E-state index contributed by atoms with van der Waals surface area (Å²) < 4.78 is 27.9. The molecule has 12 nitrogen and oxygen atoms in total. The molecule has 6 fully saturated rings. The number of nitrogens with zero attached hydrogens (tertiary/aromatic N) is 2. The molecular weight excluding hydrogens is 707 g/mol. The zero-order chi connectivity index (χ0) is 39.1. The van der Waals surface area contributed by atoms with Crippen LogP contribution in [0, 0.1) is 44.8 Å². The maximum atomic E-state index is 15.1. The number of hydrogen-bond donors (Lipinski definition) is 3. The third kappa shape index (κ3) is 6.28. The molecule has 296 valence electrons. The van der Waals surface area contributed by atoms with Gasteiger partial charge < -0.3 is 15.2 Å². The number of carbonyl (C=O) groups is 5. The molecular formula is C41H59N5O7S. The van der Waals surface area contributed by atoms with Gasteiger partial charge in [0, 0.05) is 43.1 Å². The van der Waals surface area contributed by atoms with Crippen molar-refractivity contribution in [3.8, 4) is 0 Å². The lowest BCUT2D eigenvalue weighted by Crippen LogP contribution is -2.51. The van der Waals surface area contributed by atoms with Crippen molar-refractivity contribution in [2.45, 2.75) is 142 Å². The monoisotopic (exact) mass is 765 g/mol. The minimum Gasteiger partial charge on any atom is -0.341 e. The topological polar surface area (TPSA) is 175 Å². The average molecular weight is 766 g/mol. The fraction of sp³-hybridized carbons (Fsp3) is 0.756. The number of rotatable bonds is 14. The first kappa shape index (κ1) is 38.9. The summed E-state index contributed by atoms with van der Waals surface area (Å²) in [5.74, 6) is -2.88. The van der Waals surface area contributed by atoms with Crippen LogP contribution in [0.2, 0.25) is 0 Å². The molecule has 0 bridgehead atoms. The molecule has 54 heavy (non-hydrogen) atoms. The molecule has 3 amide bonds. The Kier molecular flexibility index (Phi) is 9.65. The second-order valence-electron chi connectivity index (χ2n) is 19.2. The largest absolute Gasteiger partial charge is 0.341 e. The Balaban J connectivity index is 1.16. The third-order valence-corrected chi connectivity index (χ3v) is 17.1. The van der Waals surface area contributed by atoms with Gasteiger partial charge in [-0.2, -0.15) is 0 Å². The highest BCUT2D eigenvalue weighted by atomic mass is 32.2. The molecule has 2 heterocycles. The molecule has 0 radical (unpaired) electrons. The van der Waals surface area contributed by atoms with Crippen molar-refractivity contribution in [3.05, 3.63) is 30.9 Å². The number of allylic oxidation sites excluding steroid dienone is 1. The molecule has 2 spiro atoms. The number of hydrogen-bond acceptors (Lipinski definition) is 8. The van der Waals surface area contributed by atoms with Crippen molar-refractivity contribution >= 4 is 39.3 Å². The van der Waals surface area contributed by atoms with Crippen LogP contribution in [-0.2, 0) is 29.2 Å². The summed E-state index contributed by atoms with van der Waals surface area (Å²) in [5, 5.41) is 2.39. The van der Waals surface area contributed by atoms with E-state index in [0.29, 0.717) is 32.2 Å². The van der Waals surface area contributed by atoms with E-state index in [1.165, 1.54) is 6.20 Å². The van der Waals surface area contributed by atoms with Gasteiger partial charge in [-0.25, -0.2) is 13.4 Å². The maximum absolute atomic E-state index is 15.1. The second-order valence-corrected chi connectivity index (χ2v) is 21.2. The van der Waals surface area contributed by atoms with Crippen LogP contribution in [0.1, 0.15) is 135 Å². The summed E-state index contributed by atoms with van der Waals surface area (Å²) in [5.41, 5.74) is -2.23. The molecule has 1 aromatic heterocycles. The van der Waals surface area contributed by atoms with Gasteiger partial charge in [0.05, 0.1) is 22.7 Å². The molecule has 0 aromatic carbocycles. The summed E-state index contributed by atoms with van der Waals surface area (Å²) in [6, 6.07) is -1.58. The van der Waals surface area contributed by atoms with Crippen LogP contribution in [0.15, 0.2) is 25.0 Å². The molecule has 0 unspecified atom stereocenters. The van der Waals surface area contributed by atoms with Crippen molar-refractivity contribution < 1.29 is 32.4 Å². The number of H-pyrrole nitrogens is 1. The van der Waals surface area contributed by atoms with E-state index in [4.69, 9.17) is 0 Å². The van der Waals surface area contributed by atoms with E-state index < -0.39 is 55.9 Å². The summed E-state index contributed by atoms with van der Waals surface area (Å²) >= 11 is 0. The number of likely N-dealkylation sites (tertiary alicyclic amines) is 1. The predicted molar refractivity (Wildman–Crippen MR) is 202 cm³/mol. The third-order valence-electron chi connectivity index (χ3n) is 15.2. The van der Waals surface area contributed by atoms with Gasteiger partial charge in [-0.3, -0.25) is 28.7 Å². The van der Waals surface area contributed by atoms with Crippen molar-refractivity contribution in [1.29, 1.82) is 0 Å². The van der Waals surface area contributed by atoms with E-state index in [9.17, 15) is 27.6 Å². The fourth-order valence-electron chi connectivity index (χ4n) is 11.2. The molecule has 6 aliphatic rings. The number of aromatic nitrogens is 2. The summed E-state index contributed by atoms with van der Waals surface area (Å²) in [7, 11) is -3.82. The number of imidazole rings is 1. The maximum Gasteiger partial charge on any atom is 0.287 e. The highest BCUT2D eigenvalue weighted by Crippen LogP contribution is 2.88. The molecule has 5 aliphatic carbocycles. The molecule has 1 saturated heterocycles. The van der Waals surface area contributed by atoms with Crippen LogP contribution >= 0.6 is 0 Å². The van der Waals surface area contributed by atoms with Crippen molar-refractivity contribution in [2.75, 3.05) is 6.54 Å². The zero-order valence-electron chi connectivity index (χ0n) is 32.7. The second kappa shape index (κ2) is 13.4. The SMILES string of the molecule is C=C[C@H]1C[C@@]1(CC(=O)[C@@H]1C[C@@]2(CN1C(=O)[C@@H](CC(=O)[C@@H](NC(=O)c1ncc[nH]1)C1CCCCC1)C(C)(C)C)C(C)(C)C21CCC1)C(=O)NS(=O)(=O)C1CC1. The smallest absolute Gasteiger partial charge is 0.287 e. The average Bonchev–Trinajstić information content (AvgIpc) is 4.02. The molecule has 7 rings (SSSR count). The van der Waals surface area contributed by atoms with Crippen molar-refractivity contribution in [2.24, 2.45) is 44.8 Å². The molecule has 6 atom stereocenters. The lowest BCUT2D eigenvalue weighted by molar-refractivity contribution is -0.146. The Labute approximate surface area is 319 Å². The van der Waals surface area contributed by atoms with Crippen LogP contribution in [-0.4, -0.2) is 76.5 Å². The zero-order valence-corrected chi connectivity index (χ0v) is 33.5. The van der Waals surface area contributed by atoms with Crippen molar-refractivity contribution in [1.82, 2.24) is 24.9 Å². The van der Waals surface area contributed by atoms with Crippen LogP contribution in [0.25, 0.3) is 0 Å². The van der Waals surface area contributed by atoms with E-state index in [2.05, 4.69) is 40.4 Å². The fourth-order valence-corrected chi connectivity index (χ4v) is 12.6. The first-order valence-corrected chi connectivity index (χ1v) is 21.7. The first-order chi connectivity index (χ1) is 25.3. The first-order valence-electron chi connectivity index (χ1n) is 20.2. The molecule has 1 aromatic rings. The minimum atomic E-state index is -3.82. The van der Waals surface area contributed by atoms with Crippen molar-refractivity contribution in [3.63, 3.8) is 0 Å². The van der Waals surface area contributed by atoms with E-state index in [-0.39, 0.29) is 64.2 Å². The van der Waals surface area contributed by atoms with E-state index in [1.54, 1.807) is 17.2 Å². The lowest BCUT2D eigenvalue weighted by atomic mass is 9.73. The van der Waals surface area contributed by atoms with Gasteiger partial charge in [0.15, 0.2) is 17.4 Å². The lowest BCUT2D eigenvalue weighted by Gasteiger charge is -2.37. The van der Waals surface area contributed by atoms with E-state index in [1.807, 2.05) is 20.8 Å². The van der Waals surface area contributed by atoms with Crippen LogP contribution in [0.3, 0.4) is 0 Å². The molecule has 5 saturated carbocycles. The number of sulfonamides is 1. The minimum absolute atomic E-state index is 0.0272. The van der Waals surface area contributed by atoms with Gasteiger partial charge in [-0.05, 0) is 79.4 Å². The number of ketones is 2. The Bertz CT molecular complexity index is 1820. The Morgan fingerprint density at radius 3 is 2.22 bits per heavy atom. The normalized spacial score (nSPS) is 30.9. The number of aromatic amines is 1. The predicted octanol–water partition coefficient (Wildman–Crippen LogP) is 5.27. The summed E-state index contributed by atoms with van der Waals surface area (Å²) in [6.07, 6.45) is 14.0. The van der Waals surface area contributed by atoms with Gasteiger partial charge >= 0.3 is 0 Å². The van der Waals surface area contributed by atoms with Gasteiger partial charge in [0.25, 0.3) is 5.91 Å². The Morgan fingerprint density at radius 1 is 1.02 bits per heavy atom. The van der Waals surface area contributed by atoms with E-state index in [0.717, 1.165) is 51.4 Å². The van der Waals surface area contributed by atoms with Crippen LogP contribution < -0.4 is 10.0 Å². The summed E-state index contributed by atoms with van der Waals surface area (Å²) in [4.78, 5) is 79.8. The summed E-state index contributed by atoms with van der Waals surface area (Å²) in [6.45, 7) is 14.6. The molecule has 1 aliphatic heterocycles. The van der Waals surface area contributed by atoms with Gasteiger partial charge in [-0.15, -0.1) is 6.58 Å². The highest BCUT2D eigenvalue weighted by Gasteiger charge is 2.85. The van der Waals surface area contributed by atoms with E-state index >= 15 is 4.79 Å². The molecule has 3 N–H and O–H groups in total. The Morgan fingerprint density at radius 2 is 1.70 bits per heavy atom. The number of nitrogens with one attached hydrogen (secondary N) is 3. The van der Waals surface area contributed by atoms with Gasteiger partial charge in [-0.1, -0.05) is 66.4 Å². The number of amides is 3. The number of Topliss-reactive ketones (excluding diaryl/α,β-unsaturated/α-hetero) is 2. The number of carbonyl (C=O) groups excluding carboxylic acids is 5. The standard InChI is InChI=1S/C41H59N5O7S/c1-7-26-21-39(26,36(51)45-54(52,53)27-14-15-27)23-31(48)29-22-41(38(5,6)40(41)16-11-17-40)24-46(29)35(50)28(37(2,3)4)20-30(47)32(25-12-9-8-10-13-25)44-34(49)33-42-18-19-43-33/h7,18-19,25-29,32H,1,8-17,20-24H2,2-6H3,(H,42,43)(H,44,49)(H,45,51)/t26-,28+,29-,32-,39-,41+/m0/s1. The van der Waals surface area contributed by atoms with Gasteiger partial charge in [0.1, 0.15) is 0 Å². The van der Waals surface area contributed by atoms with Crippen LogP contribution in [0.4, 0.5) is 0 Å². The quantitative estimate of drug-likeness (QED) is 0.215. The van der Waals surface area contributed by atoms with Crippen LogP contribution in [0.5, 0.6) is 0 Å². The number of fused-ring (bicyclic) bond motifs is 1. The highest BCUT2D eigenvalue weighted by molar-refractivity contribution is 7.90. The molecule has 13 heteroatoms. The van der Waals surface area contributed by atoms with Gasteiger partial charge in [0.2, 0.25) is 21.8 Å².